The maximum atomic E-state index is 13.1. The van der Waals surface area contributed by atoms with Crippen molar-refractivity contribution < 1.29 is 9.18 Å². The number of carbonyl (C=O) groups excluding carboxylic acids is 1. The zero-order valence-electron chi connectivity index (χ0n) is 10.2. The number of rotatable bonds is 3. The SMILES string of the molecule is NC(=O)c1cc(F)ccc1NC1CCC(N)CC1. The van der Waals surface area contributed by atoms with Crippen LogP contribution in [0.25, 0.3) is 0 Å². The fraction of sp³-hybridized carbons (Fsp3) is 0.462. The molecule has 0 radical (unpaired) electrons. The summed E-state index contributed by atoms with van der Waals surface area (Å²) in [6, 6.07) is 4.59. The van der Waals surface area contributed by atoms with Crippen LogP contribution in [-0.2, 0) is 0 Å². The minimum absolute atomic E-state index is 0.199. The Morgan fingerprint density at radius 3 is 2.56 bits per heavy atom. The number of benzene rings is 1. The van der Waals surface area contributed by atoms with Crippen molar-refractivity contribution in [3.63, 3.8) is 0 Å². The predicted molar refractivity (Wildman–Crippen MR) is 68.8 cm³/mol. The molecule has 2 rings (SSSR count). The van der Waals surface area contributed by atoms with Gasteiger partial charge in [-0.25, -0.2) is 4.39 Å². The van der Waals surface area contributed by atoms with Gasteiger partial charge in [0.2, 0.25) is 0 Å². The number of carbonyl (C=O) groups is 1. The summed E-state index contributed by atoms with van der Waals surface area (Å²) in [6.07, 6.45) is 3.84. The normalized spacial score (nSPS) is 23.7. The van der Waals surface area contributed by atoms with Crippen LogP contribution in [-0.4, -0.2) is 18.0 Å². The Balaban J connectivity index is 2.11. The van der Waals surface area contributed by atoms with Crippen molar-refractivity contribution in [2.24, 2.45) is 11.5 Å². The van der Waals surface area contributed by atoms with Crippen molar-refractivity contribution in [3.8, 4) is 0 Å². The summed E-state index contributed by atoms with van der Waals surface area (Å²) < 4.78 is 13.1. The number of amides is 1. The smallest absolute Gasteiger partial charge is 0.250 e. The molecule has 0 saturated heterocycles. The molecule has 0 aliphatic heterocycles. The van der Waals surface area contributed by atoms with Gasteiger partial charge in [0.15, 0.2) is 0 Å². The molecule has 0 aromatic heterocycles. The molecule has 0 atom stereocenters. The molecule has 18 heavy (non-hydrogen) atoms. The van der Waals surface area contributed by atoms with Gasteiger partial charge in [0.05, 0.1) is 5.56 Å². The Morgan fingerprint density at radius 2 is 1.94 bits per heavy atom. The molecule has 1 fully saturated rings. The van der Waals surface area contributed by atoms with Crippen molar-refractivity contribution in [2.75, 3.05) is 5.32 Å². The van der Waals surface area contributed by atoms with Gasteiger partial charge < -0.3 is 16.8 Å². The standard InChI is InChI=1S/C13H18FN3O/c14-8-1-6-12(11(7-8)13(16)18)17-10-4-2-9(15)3-5-10/h1,6-7,9-10,17H,2-5,15H2,(H2,16,18). The van der Waals surface area contributed by atoms with E-state index in [9.17, 15) is 9.18 Å². The predicted octanol–water partition coefficient (Wildman–Crippen LogP) is 1.61. The van der Waals surface area contributed by atoms with E-state index in [0.717, 1.165) is 25.7 Å². The van der Waals surface area contributed by atoms with E-state index in [4.69, 9.17) is 11.5 Å². The lowest BCUT2D eigenvalue weighted by Gasteiger charge is -2.28. The zero-order valence-corrected chi connectivity index (χ0v) is 10.2. The lowest BCUT2D eigenvalue weighted by molar-refractivity contribution is 0.100. The van der Waals surface area contributed by atoms with E-state index in [1.54, 1.807) is 6.07 Å². The Labute approximate surface area is 106 Å². The quantitative estimate of drug-likeness (QED) is 0.763. The highest BCUT2D eigenvalue weighted by atomic mass is 19.1. The van der Waals surface area contributed by atoms with Gasteiger partial charge in [0.1, 0.15) is 5.82 Å². The molecule has 5 N–H and O–H groups in total. The Bertz CT molecular complexity index is 442. The average molecular weight is 251 g/mol. The number of nitrogens with one attached hydrogen (secondary N) is 1. The third-order valence-electron chi connectivity index (χ3n) is 3.38. The van der Waals surface area contributed by atoms with Gasteiger partial charge in [0.25, 0.3) is 5.91 Å². The molecule has 1 aromatic rings. The van der Waals surface area contributed by atoms with Crippen LogP contribution >= 0.6 is 0 Å². The summed E-state index contributed by atoms with van der Waals surface area (Å²) >= 11 is 0. The van der Waals surface area contributed by atoms with Crippen molar-refractivity contribution in [1.82, 2.24) is 0 Å². The highest BCUT2D eigenvalue weighted by molar-refractivity contribution is 5.98. The summed E-state index contributed by atoms with van der Waals surface area (Å²) in [6.45, 7) is 0. The number of primary amides is 1. The third kappa shape index (κ3) is 2.98. The van der Waals surface area contributed by atoms with Crippen LogP contribution in [0.5, 0.6) is 0 Å². The first-order chi connectivity index (χ1) is 8.56. The fourth-order valence-corrected chi connectivity index (χ4v) is 2.33. The molecular formula is C13H18FN3O. The fourth-order valence-electron chi connectivity index (χ4n) is 2.33. The van der Waals surface area contributed by atoms with Gasteiger partial charge in [0, 0.05) is 17.8 Å². The molecule has 0 heterocycles. The second-order valence-corrected chi connectivity index (χ2v) is 4.81. The summed E-state index contributed by atoms with van der Waals surface area (Å²) in [5.41, 5.74) is 11.9. The second-order valence-electron chi connectivity index (χ2n) is 4.81. The van der Waals surface area contributed by atoms with Crippen molar-refractivity contribution >= 4 is 11.6 Å². The molecule has 1 aliphatic carbocycles. The van der Waals surface area contributed by atoms with Crippen LogP contribution in [0.1, 0.15) is 36.0 Å². The lowest BCUT2D eigenvalue weighted by Crippen LogP contribution is -2.33. The highest BCUT2D eigenvalue weighted by Gasteiger charge is 2.20. The van der Waals surface area contributed by atoms with E-state index in [1.165, 1.54) is 12.1 Å². The van der Waals surface area contributed by atoms with Crippen LogP contribution in [0.15, 0.2) is 18.2 Å². The number of hydrogen-bond acceptors (Lipinski definition) is 3. The van der Waals surface area contributed by atoms with Crippen LogP contribution in [0.2, 0.25) is 0 Å². The molecule has 0 unspecified atom stereocenters. The van der Waals surface area contributed by atoms with Gasteiger partial charge in [-0.05, 0) is 43.9 Å². The average Bonchev–Trinajstić information content (AvgIpc) is 2.34. The first-order valence-corrected chi connectivity index (χ1v) is 6.17. The maximum absolute atomic E-state index is 13.1. The van der Waals surface area contributed by atoms with Gasteiger partial charge in [-0.3, -0.25) is 4.79 Å². The minimum Gasteiger partial charge on any atom is -0.382 e. The Hall–Kier alpha value is -1.62. The van der Waals surface area contributed by atoms with Crippen molar-refractivity contribution in [1.29, 1.82) is 0 Å². The van der Waals surface area contributed by atoms with Gasteiger partial charge >= 0.3 is 0 Å². The van der Waals surface area contributed by atoms with Gasteiger partial charge in [-0.15, -0.1) is 0 Å². The Kier molecular flexibility index (Phi) is 3.81. The molecule has 0 bridgehead atoms. The number of anilines is 1. The molecule has 98 valence electrons. The zero-order chi connectivity index (χ0) is 13.1. The van der Waals surface area contributed by atoms with Gasteiger partial charge in [-0.1, -0.05) is 0 Å². The first-order valence-electron chi connectivity index (χ1n) is 6.17. The van der Waals surface area contributed by atoms with Crippen LogP contribution < -0.4 is 16.8 Å². The third-order valence-corrected chi connectivity index (χ3v) is 3.38. The van der Waals surface area contributed by atoms with Crippen molar-refractivity contribution in [3.05, 3.63) is 29.6 Å². The Morgan fingerprint density at radius 1 is 1.28 bits per heavy atom. The van der Waals surface area contributed by atoms with E-state index >= 15 is 0 Å². The molecule has 1 aromatic carbocycles. The van der Waals surface area contributed by atoms with Crippen LogP contribution in [0.3, 0.4) is 0 Å². The summed E-state index contributed by atoms with van der Waals surface area (Å²) in [7, 11) is 0. The van der Waals surface area contributed by atoms with E-state index in [2.05, 4.69) is 5.32 Å². The molecule has 4 nitrogen and oxygen atoms in total. The van der Waals surface area contributed by atoms with Crippen molar-refractivity contribution in [2.45, 2.75) is 37.8 Å². The van der Waals surface area contributed by atoms with Gasteiger partial charge in [-0.2, -0.15) is 0 Å². The second kappa shape index (κ2) is 5.35. The van der Waals surface area contributed by atoms with E-state index in [-0.39, 0.29) is 17.6 Å². The number of nitrogens with two attached hydrogens (primary N) is 2. The van der Waals surface area contributed by atoms with E-state index < -0.39 is 11.7 Å². The van der Waals surface area contributed by atoms with E-state index in [0.29, 0.717) is 5.69 Å². The number of hydrogen-bond donors (Lipinski definition) is 3. The molecule has 1 saturated carbocycles. The first kappa shape index (κ1) is 12.8. The summed E-state index contributed by atoms with van der Waals surface area (Å²) in [5, 5.41) is 3.26. The largest absolute Gasteiger partial charge is 0.382 e. The molecule has 5 heteroatoms. The monoisotopic (exact) mass is 251 g/mol. The lowest BCUT2D eigenvalue weighted by atomic mass is 9.91. The van der Waals surface area contributed by atoms with E-state index in [1.807, 2.05) is 0 Å². The summed E-state index contributed by atoms with van der Waals surface area (Å²) in [4.78, 5) is 11.3. The highest BCUT2D eigenvalue weighted by Crippen LogP contribution is 2.24. The minimum atomic E-state index is -0.621. The topological polar surface area (TPSA) is 81.1 Å². The maximum Gasteiger partial charge on any atom is 0.250 e. The molecule has 1 amide bonds. The molecular weight excluding hydrogens is 233 g/mol. The van der Waals surface area contributed by atoms with Crippen LogP contribution in [0.4, 0.5) is 10.1 Å². The van der Waals surface area contributed by atoms with Crippen LogP contribution in [0, 0.1) is 5.82 Å². The summed E-state index contributed by atoms with van der Waals surface area (Å²) in [5.74, 6) is -1.08. The molecule has 1 aliphatic rings. The molecule has 0 spiro atoms. The number of halogens is 1.